The lowest BCUT2D eigenvalue weighted by atomic mass is 10.2. The molecule has 0 saturated heterocycles. The van der Waals surface area contributed by atoms with E-state index in [-0.39, 0.29) is 0 Å². The van der Waals surface area contributed by atoms with E-state index in [4.69, 9.17) is 5.11 Å². The van der Waals surface area contributed by atoms with E-state index in [0.717, 1.165) is 4.68 Å². The van der Waals surface area contributed by atoms with Gasteiger partial charge in [0.05, 0.1) is 0 Å². The quantitative estimate of drug-likeness (QED) is 0.695. The number of carboxylic acids is 1. The maximum Gasteiger partial charge on any atom is 0.336 e. The molecule has 0 fully saturated rings. The number of ketones is 1. The molecule has 0 aromatic carbocycles. The molecule has 0 aliphatic rings. The largest absolute Gasteiger partial charge is 0.479 e. The SMILES string of the molecule is CC(=O)C(C(=O)O)n1nc(C)nc1C. The Hall–Kier alpha value is -1.72. The fourth-order valence-electron chi connectivity index (χ4n) is 1.23. The number of hydrogen-bond donors (Lipinski definition) is 1. The third kappa shape index (κ3) is 1.78. The second kappa shape index (κ2) is 3.57. The highest BCUT2D eigenvalue weighted by atomic mass is 16.4. The summed E-state index contributed by atoms with van der Waals surface area (Å²) in [6.45, 7) is 4.47. The lowest BCUT2D eigenvalue weighted by Gasteiger charge is -2.09. The van der Waals surface area contributed by atoms with E-state index >= 15 is 0 Å². The van der Waals surface area contributed by atoms with E-state index in [2.05, 4.69) is 10.1 Å². The summed E-state index contributed by atoms with van der Waals surface area (Å²) in [5.41, 5.74) is 0. The molecule has 76 valence electrons. The maximum absolute atomic E-state index is 11.1. The van der Waals surface area contributed by atoms with E-state index in [1.165, 1.54) is 6.92 Å². The molecular weight excluding hydrogens is 186 g/mol. The van der Waals surface area contributed by atoms with Crippen LogP contribution in [0.25, 0.3) is 0 Å². The summed E-state index contributed by atoms with van der Waals surface area (Å²) in [7, 11) is 0. The minimum atomic E-state index is -1.27. The molecule has 0 aliphatic carbocycles. The standard InChI is InChI=1S/C8H11N3O3/c1-4(12)7(8(13)14)11-6(3)9-5(2)10-11/h7H,1-3H3,(H,13,14). The minimum absolute atomic E-state index is 0.421. The molecule has 6 nitrogen and oxygen atoms in total. The van der Waals surface area contributed by atoms with Crippen molar-refractivity contribution in [1.82, 2.24) is 14.8 Å². The molecule has 6 heteroatoms. The smallest absolute Gasteiger partial charge is 0.336 e. The zero-order valence-electron chi connectivity index (χ0n) is 8.18. The van der Waals surface area contributed by atoms with Gasteiger partial charge in [-0.1, -0.05) is 0 Å². The van der Waals surface area contributed by atoms with Crippen LogP contribution in [0.15, 0.2) is 0 Å². The summed E-state index contributed by atoms with van der Waals surface area (Å²) in [4.78, 5) is 25.8. The van der Waals surface area contributed by atoms with Crippen molar-refractivity contribution in [3.8, 4) is 0 Å². The molecule has 0 amide bonds. The second-order valence-corrected chi connectivity index (χ2v) is 3.00. The van der Waals surface area contributed by atoms with Crippen LogP contribution in [-0.2, 0) is 9.59 Å². The first-order valence-electron chi connectivity index (χ1n) is 4.06. The van der Waals surface area contributed by atoms with Gasteiger partial charge in [-0.05, 0) is 20.8 Å². The number of Topliss-reactive ketones (excluding diaryl/α,β-unsaturated/α-hetero) is 1. The Labute approximate surface area is 80.6 Å². The molecule has 1 N–H and O–H groups in total. The van der Waals surface area contributed by atoms with Crippen molar-refractivity contribution in [3.05, 3.63) is 11.6 Å². The number of carboxylic acid groups (broad SMARTS) is 1. The Balaban J connectivity index is 3.18. The van der Waals surface area contributed by atoms with Gasteiger partial charge in [0.25, 0.3) is 0 Å². The third-order valence-corrected chi connectivity index (χ3v) is 1.77. The van der Waals surface area contributed by atoms with E-state index in [1.54, 1.807) is 13.8 Å². The molecule has 0 bridgehead atoms. The highest BCUT2D eigenvalue weighted by molar-refractivity contribution is 5.98. The summed E-state index contributed by atoms with van der Waals surface area (Å²) >= 11 is 0. The summed E-state index contributed by atoms with van der Waals surface area (Å²) in [6, 6.07) is -1.27. The van der Waals surface area contributed by atoms with Crippen molar-refractivity contribution >= 4 is 11.8 Å². The van der Waals surface area contributed by atoms with Gasteiger partial charge in [0.1, 0.15) is 11.6 Å². The van der Waals surface area contributed by atoms with E-state index in [9.17, 15) is 9.59 Å². The van der Waals surface area contributed by atoms with E-state index in [1.807, 2.05) is 0 Å². The number of nitrogens with zero attached hydrogens (tertiary/aromatic N) is 3. The van der Waals surface area contributed by atoms with E-state index < -0.39 is 17.8 Å². The number of carbonyl (C=O) groups excluding carboxylic acids is 1. The Morgan fingerprint density at radius 3 is 2.29 bits per heavy atom. The third-order valence-electron chi connectivity index (χ3n) is 1.77. The van der Waals surface area contributed by atoms with E-state index in [0.29, 0.717) is 11.6 Å². The molecule has 14 heavy (non-hydrogen) atoms. The highest BCUT2D eigenvalue weighted by Crippen LogP contribution is 2.09. The predicted octanol–water partition coefficient (Wildman–Crippen LogP) is 0.110. The lowest BCUT2D eigenvalue weighted by Crippen LogP contribution is -2.27. The van der Waals surface area contributed by atoms with Gasteiger partial charge in [0.2, 0.25) is 6.04 Å². The van der Waals surface area contributed by atoms with Gasteiger partial charge < -0.3 is 5.11 Å². The molecule has 0 aliphatic heterocycles. The van der Waals surface area contributed by atoms with Crippen molar-refractivity contribution in [2.75, 3.05) is 0 Å². The summed E-state index contributed by atoms with van der Waals surface area (Å²) in [5.74, 6) is -0.809. The fourth-order valence-corrected chi connectivity index (χ4v) is 1.23. The van der Waals surface area contributed by atoms with Crippen molar-refractivity contribution < 1.29 is 14.7 Å². The highest BCUT2D eigenvalue weighted by Gasteiger charge is 2.27. The molecule has 1 aromatic rings. The molecule has 1 rings (SSSR count). The van der Waals surface area contributed by atoms with Crippen LogP contribution in [-0.4, -0.2) is 31.6 Å². The number of aryl methyl sites for hydroxylation is 2. The van der Waals surface area contributed by atoms with Crippen molar-refractivity contribution in [2.24, 2.45) is 0 Å². The molecule has 0 spiro atoms. The van der Waals surface area contributed by atoms with Crippen LogP contribution in [0.5, 0.6) is 0 Å². The number of aliphatic carboxylic acids is 1. The van der Waals surface area contributed by atoms with Crippen LogP contribution in [0.1, 0.15) is 24.6 Å². The van der Waals surface area contributed by atoms with Crippen molar-refractivity contribution in [1.29, 1.82) is 0 Å². The summed E-state index contributed by atoms with van der Waals surface area (Å²) in [5, 5.41) is 12.7. The van der Waals surface area contributed by atoms with Crippen molar-refractivity contribution in [2.45, 2.75) is 26.8 Å². The van der Waals surface area contributed by atoms with Gasteiger partial charge in [-0.2, -0.15) is 5.10 Å². The molecule has 1 unspecified atom stereocenters. The Morgan fingerprint density at radius 1 is 1.43 bits per heavy atom. The van der Waals surface area contributed by atoms with Crippen LogP contribution in [0.3, 0.4) is 0 Å². The van der Waals surface area contributed by atoms with Gasteiger partial charge in [0, 0.05) is 0 Å². The van der Waals surface area contributed by atoms with Gasteiger partial charge in [-0.15, -0.1) is 0 Å². The van der Waals surface area contributed by atoms with Crippen LogP contribution >= 0.6 is 0 Å². The summed E-state index contributed by atoms with van der Waals surface area (Å²) < 4.78 is 1.12. The molecule has 1 atom stereocenters. The molecule has 0 saturated carbocycles. The van der Waals surface area contributed by atoms with Gasteiger partial charge in [0.15, 0.2) is 5.78 Å². The Morgan fingerprint density at radius 2 is 2.00 bits per heavy atom. The topological polar surface area (TPSA) is 85.1 Å². The van der Waals surface area contributed by atoms with Gasteiger partial charge in [-0.25, -0.2) is 14.5 Å². The first-order chi connectivity index (χ1) is 6.43. The zero-order valence-corrected chi connectivity index (χ0v) is 8.18. The number of hydrogen-bond acceptors (Lipinski definition) is 4. The second-order valence-electron chi connectivity index (χ2n) is 3.00. The normalized spacial score (nSPS) is 12.5. The van der Waals surface area contributed by atoms with Crippen molar-refractivity contribution in [3.63, 3.8) is 0 Å². The van der Waals surface area contributed by atoms with Crippen LogP contribution < -0.4 is 0 Å². The average molecular weight is 197 g/mol. The zero-order chi connectivity index (χ0) is 10.9. The monoisotopic (exact) mass is 197 g/mol. The molecule has 1 aromatic heterocycles. The first kappa shape index (κ1) is 10.4. The number of rotatable bonds is 3. The van der Waals surface area contributed by atoms with Crippen LogP contribution in [0.4, 0.5) is 0 Å². The Kier molecular flexibility index (Phi) is 2.64. The summed E-state index contributed by atoms with van der Waals surface area (Å²) in [6.07, 6.45) is 0. The number of carbonyl (C=O) groups is 2. The van der Waals surface area contributed by atoms with Gasteiger partial charge in [-0.3, -0.25) is 4.79 Å². The number of aromatic nitrogens is 3. The van der Waals surface area contributed by atoms with Crippen LogP contribution in [0, 0.1) is 13.8 Å². The maximum atomic E-state index is 11.1. The lowest BCUT2D eigenvalue weighted by molar-refractivity contribution is -0.145. The predicted molar refractivity (Wildman–Crippen MR) is 46.8 cm³/mol. The first-order valence-corrected chi connectivity index (χ1v) is 4.06. The Bertz CT molecular complexity index is 369. The van der Waals surface area contributed by atoms with Crippen LogP contribution in [0.2, 0.25) is 0 Å². The molecular formula is C8H11N3O3. The fraction of sp³-hybridized carbons (Fsp3) is 0.500. The average Bonchev–Trinajstić information content (AvgIpc) is 2.29. The molecule has 0 radical (unpaired) electrons. The minimum Gasteiger partial charge on any atom is -0.479 e. The molecule has 1 heterocycles. The van der Waals surface area contributed by atoms with Gasteiger partial charge >= 0.3 is 5.97 Å².